The Bertz CT molecular complexity index is 685. The summed E-state index contributed by atoms with van der Waals surface area (Å²) in [5.41, 5.74) is 4.08. The van der Waals surface area contributed by atoms with Crippen LogP contribution in [-0.2, 0) is 4.74 Å². The van der Waals surface area contributed by atoms with Crippen LogP contribution in [0.4, 0.5) is 0 Å². The number of carboxylic acids is 1. The molecular weight excluding hydrogens is 268 g/mol. The zero-order chi connectivity index (χ0) is 15.0. The molecule has 0 spiro atoms. The van der Waals surface area contributed by atoms with Gasteiger partial charge in [0, 0.05) is 6.61 Å². The Morgan fingerprint density at radius 3 is 2.81 bits per heavy atom. The van der Waals surface area contributed by atoms with Gasteiger partial charge >= 0.3 is 5.97 Å². The van der Waals surface area contributed by atoms with Gasteiger partial charge in [0.15, 0.2) is 0 Å². The molecule has 1 unspecified atom stereocenters. The highest BCUT2D eigenvalue weighted by Crippen LogP contribution is 2.32. The number of rotatable bonds is 3. The largest absolute Gasteiger partial charge is 0.478 e. The lowest BCUT2D eigenvalue weighted by Crippen LogP contribution is -2.11. The van der Waals surface area contributed by atoms with E-state index in [1.807, 2.05) is 32.0 Å². The molecule has 1 aliphatic heterocycles. The standard InChI is InChI=1S/C16H18N2O3/c1-10-5-6-12(8-11(10)2)18-15(14-4-3-7-21-14)13(9-17-18)16(19)20/h5-6,8-9,14H,3-4,7H2,1-2H3,(H,19,20). The number of hydrogen-bond donors (Lipinski definition) is 1. The Labute approximate surface area is 123 Å². The van der Waals surface area contributed by atoms with E-state index in [2.05, 4.69) is 5.10 Å². The van der Waals surface area contributed by atoms with E-state index in [1.54, 1.807) is 4.68 Å². The van der Waals surface area contributed by atoms with Crippen molar-refractivity contribution in [2.75, 3.05) is 6.61 Å². The molecule has 1 aliphatic rings. The Morgan fingerprint density at radius 2 is 2.19 bits per heavy atom. The molecule has 0 amide bonds. The van der Waals surface area contributed by atoms with Gasteiger partial charge in [0.25, 0.3) is 0 Å². The monoisotopic (exact) mass is 286 g/mol. The van der Waals surface area contributed by atoms with Crippen LogP contribution in [0.25, 0.3) is 5.69 Å². The minimum atomic E-state index is -0.962. The highest BCUT2D eigenvalue weighted by atomic mass is 16.5. The lowest BCUT2D eigenvalue weighted by molar-refractivity contribution is 0.0679. The van der Waals surface area contributed by atoms with E-state index >= 15 is 0 Å². The molecule has 1 N–H and O–H groups in total. The van der Waals surface area contributed by atoms with Crippen LogP contribution in [0.2, 0.25) is 0 Å². The molecule has 1 aromatic carbocycles. The summed E-state index contributed by atoms with van der Waals surface area (Å²) in [6, 6.07) is 6.00. The van der Waals surface area contributed by atoms with Crippen molar-refractivity contribution in [3.8, 4) is 5.69 Å². The number of benzene rings is 1. The second-order valence-corrected chi connectivity index (χ2v) is 5.43. The lowest BCUT2D eigenvalue weighted by Gasteiger charge is -2.15. The second-order valence-electron chi connectivity index (χ2n) is 5.43. The molecule has 2 aromatic rings. The third kappa shape index (κ3) is 2.45. The minimum Gasteiger partial charge on any atom is -0.478 e. The smallest absolute Gasteiger partial charge is 0.339 e. The molecule has 0 aliphatic carbocycles. The van der Waals surface area contributed by atoms with E-state index in [0.29, 0.717) is 12.3 Å². The van der Waals surface area contributed by atoms with E-state index in [0.717, 1.165) is 24.1 Å². The minimum absolute atomic E-state index is 0.194. The average molecular weight is 286 g/mol. The molecular formula is C16H18N2O3. The van der Waals surface area contributed by atoms with Gasteiger partial charge in [-0.05, 0) is 49.9 Å². The highest BCUT2D eigenvalue weighted by Gasteiger charge is 2.28. The molecule has 5 heteroatoms. The quantitative estimate of drug-likeness (QED) is 0.942. The number of nitrogens with zero attached hydrogens (tertiary/aromatic N) is 2. The van der Waals surface area contributed by atoms with Gasteiger partial charge in [-0.1, -0.05) is 6.07 Å². The molecule has 110 valence electrons. The summed E-state index contributed by atoms with van der Waals surface area (Å²) in [5.74, 6) is -0.962. The first-order chi connectivity index (χ1) is 10.1. The van der Waals surface area contributed by atoms with E-state index in [-0.39, 0.29) is 11.7 Å². The van der Waals surface area contributed by atoms with Crippen molar-refractivity contribution in [2.24, 2.45) is 0 Å². The van der Waals surface area contributed by atoms with Crippen molar-refractivity contribution in [3.63, 3.8) is 0 Å². The third-order valence-corrected chi connectivity index (χ3v) is 4.01. The lowest BCUT2D eigenvalue weighted by atomic mass is 10.1. The van der Waals surface area contributed by atoms with Crippen molar-refractivity contribution < 1.29 is 14.6 Å². The van der Waals surface area contributed by atoms with Crippen molar-refractivity contribution >= 4 is 5.97 Å². The summed E-state index contributed by atoms with van der Waals surface area (Å²) in [6.07, 6.45) is 2.99. The van der Waals surface area contributed by atoms with Crippen LogP contribution < -0.4 is 0 Å². The number of aryl methyl sites for hydroxylation is 2. The molecule has 1 atom stereocenters. The maximum Gasteiger partial charge on any atom is 0.339 e. The predicted octanol–water partition coefficient (Wildman–Crippen LogP) is 3.04. The van der Waals surface area contributed by atoms with Gasteiger partial charge in [-0.3, -0.25) is 0 Å². The first kappa shape index (κ1) is 13.8. The summed E-state index contributed by atoms with van der Waals surface area (Å²) in [7, 11) is 0. The fraction of sp³-hybridized carbons (Fsp3) is 0.375. The fourth-order valence-corrected chi connectivity index (χ4v) is 2.69. The summed E-state index contributed by atoms with van der Waals surface area (Å²) in [4.78, 5) is 11.4. The van der Waals surface area contributed by atoms with Crippen LogP contribution in [0.1, 0.15) is 46.1 Å². The van der Waals surface area contributed by atoms with Crippen LogP contribution in [0.5, 0.6) is 0 Å². The van der Waals surface area contributed by atoms with Crippen molar-refractivity contribution in [1.82, 2.24) is 9.78 Å². The number of carbonyl (C=O) groups is 1. The molecule has 2 heterocycles. The Balaban J connectivity index is 2.13. The highest BCUT2D eigenvalue weighted by molar-refractivity contribution is 5.89. The maximum absolute atomic E-state index is 11.4. The normalized spacial score (nSPS) is 18.1. The SMILES string of the molecule is Cc1ccc(-n2ncc(C(=O)O)c2C2CCCO2)cc1C. The van der Waals surface area contributed by atoms with Crippen LogP contribution in [0.15, 0.2) is 24.4 Å². The van der Waals surface area contributed by atoms with Crippen LogP contribution in [0, 0.1) is 13.8 Å². The maximum atomic E-state index is 11.4. The first-order valence-electron chi connectivity index (χ1n) is 7.08. The van der Waals surface area contributed by atoms with Gasteiger partial charge in [-0.25, -0.2) is 9.48 Å². The summed E-state index contributed by atoms with van der Waals surface area (Å²) in [5, 5.41) is 13.7. The van der Waals surface area contributed by atoms with Gasteiger partial charge in [-0.15, -0.1) is 0 Å². The number of aromatic carboxylic acids is 1. The Morgan fingerprint density at radius 1 is 1.38 bits per heavy atom. The van der Waals surface area contributed by atoms with Crippen LogP contribution in [-0.4, -0.2) is 27.5 Å². The zero-order valence-corrected chi connectivity index (χ0v) is 12.2. The predicted molar refractivity (Wildman–Crippen MR) is 77.9 cm³/mol. The summed E-state index contributed by atoms with van der Waals surface area (Å²) < 4.78 is 7.38. The number of aromatic nitrogens is 2. The number of carboxylic acid groups (broad SMARTS) is 1. The Hall–Kier alpha value is -2.14. The summed E-state index contributed by atoms with van der Waals surface area (Å²) in [6.45, 7) is 4.75. The van der Waals surface area contributed by atoms with Gasteiger partial charge < -0.3 is 9.84 Å². The van der Waals surface area contributed by atoms with Crippen LogP contribution >= 0.6 is 0 Å². The first-order valence-corrected chi connectivity index (χ1v) is 7.08. The molecule has 0 radical (unpaired) electrons. The van der Waals surface area contributed by atoms with Gasteiger partial charge in [0.05, 0.1) is 17.6 Å². The Kier molecular flexibility index (Phi) is 3.51. The second kappa shape index (κ2) is 5.33. The molecule has 5 nitrogen and oxygen atoms in total. The molecule has 1 saturated heterocycles. The topological polar surface area (TPSA) is 64.4 Å². The van der Waals surface area contributed by atoms with E-state index in [1.165, 1.54) is 11.8 Å². The summed E-state index contributed by atoms with van der Waals surface area (Å²) >= 11 is 0. The fourth-order valence-electron chi connectivity index (χ4n) is 2.69. The zero-order valence-electron chi connectivity index (χ0n) is 12.2. The average Bonchev–Trinajstić information content (AvgIpc) is 3.09. The molecule has 3 rings (SSSR count). The van der Waals surface area contributed by atoms with Crippen molar-refractivity contribution in [1.29, 1.82) is 0 Å². The number of hydrogen-bond acceptors (Lipinski definition) is 3. The molecule has 0 saturated carbocycles. The van der Waals surface area contributed by atoms with Crippen molar-refractivity contribution in [2.45, 2.75) is 32.8 Å². The van der Waals surface area contributed by atoms with Crippen LogP contribution in [0.3, 0.4) is 0 Å². The van der Waals surface area contributed by atoms with Crippen molar-refractivity contribution in [3.05, 3.63) is 46.8 Å². The number of ether oxygens (including phenoxy) is 1. The van der Waals surface area contributed by atoms with Gasteiger partial charge in [0.2, 0.25) is 0 Å². The van der Waals surface area contributed by atoms with E-state index in [9.17, 15) is 9.90 Å². The third-order valence-electron chi connectivity index (χ3n) is 4.01. The molecule has 0 bridgehead atoms. The van der Waals surface area contributed by atoms with Gasteiger partial charge in [0.1, 0.15) is 11.7 Å². The molecule has 1 fully saturated rings. The van der Waals surface area contributed by atoms with E-state index < -0.39 is 5.97 Å². The molecule has 1 aromatic heterocycles. The molecule has 21 heavy (non-hydrogen) atoms. The van der Waals surface area contributed by atoms with E-state index in [4.69, 9.17) is 4.74 Å². The van der Waals surface area contributed by atoms with Gasteiger partial charge in [-0.2, -0.15) is 5.10 Å².